The molecule has 6 heteroatoms. The van der Waals surface area contributed by atoms with E-state index in [0.29, 0.717) is 36.0 Å². The molecule has 130 valence electrons. The molecule has 2 atom stereocenters. The van der Waals surface area contributed by atoms with E-state index in [9.17, 15) is 0 Å². The summed E-state index contributed by atoms with van der Waals surface area (Å²) >= 11 is 0. The molecule has 0 radical (unpaired) electrons. The van der Waals surface area contributed by atoms with Gasteiger partial charge in [-0.1, -0.05) is 31.9 Å². The lowest BCUT2D eigenvalue weighted by Gasteiger charge is -2.26. The highest BCUT2D eigenvalue weighted by Gasteiger charge is 2.20. The third-order valence-corrected chi connectivity index (χ3v) is 4.26. The van der Waals surface area contributed by atoms with Gasteiger partial charge >= 0.3 is 0 Å². The Morgan fingerprint density at radius 1 is 1.08 bits per heavy atom. The van der Waals surface area contributed by atoms with E-state index in [4.69, 9.17) is 18.6 Å². The SMILES string of the molecule is COc1ccccc1OCc1nnc(CO[C@H]2CCC[C@H](C)C2)o1. The van der Waals surface area contributed by atoms with Gasteiger partial charge in [-0.05, 0) is 30.9 Å². The third kappa shape index (κ3) is 4.47. The van der Waals surface area contributed by atoms with E-state index >= 15 is 0 Å². The minimum absolute atomic E-state index is 0.202. The van der Waals surface area contributed by atoms with Crippen molar-refractivity contribution in [2.45, 2.75) is 51.9 Å². The van der Waals surface area contributed by atoms with E-state index in [1.54, 1.807) is 7.11 Å². The van der Waals surface area contributed by atoms with Crippen LogP contribution in [-0.2, 0) is 18.0 Å². The predicted octanol–water partition coefficient (Wildman–Crippen LogP) is 3.75. The molecule has 0 amide bonds. The summed E-state index contributed by atoms with van der Waals surface area (Å²) < 4.78 is 22.4. The van der Waals surface area contributed by atoms with Crippen molar-refractivity contribution in [3.63, 3.8) is 0 Å². The molecule has 1 aliphatic rings. The van der Waals surface area contributed by atoms with E-state index in [2.05, 4.69) is 17.1 Å². The fourth-order valence-corrected chi connectivity index (χ4v) is 3.00. The van der Waals surface area contributed by atoms with Crippen molar-refractivity contribution in [1.29, 1.82) is 0 Å². The molecule has 1 aromatic carbocycles. The molecule has 0 spiro atoms. The summed E-state index contributed by atoms with van der Waals surface area (Å²) in [6.45, 7) is 2.84. The molecular weight excluding hydrogens is 308 g/mol. The van der Waals surface area contributed by atoms with E-state index in [-0.39, 0.29) is 6.61 Å². The maximum atomic E-state index is 5.89. The second-order valence-electron chi connectivity index (χ2n) is 6.23. The lowest BCUT2D eigenvalue weighted by molar-refractivity contribution is -0.00519. The molecule has 6 nitrogen and oxygen atoms in total. The van der Waals surface area contributed by atoms with Gasteiger partial charge in [0.1, 0.15) is 6.61 Å². The number of nitrogens with zero attached hydrogens (tertiary/aromatic N) is 2. The number of hydrogen-bond donors (Lipinski definition) is 0. The zero-order valence-electron chi connectivity index (χ0n) is 14.2. The normalized spacial score (nSPS) is 20.8. The van der Waals surface area contributed by atoms with Crippen molar-refractivity contribution in [2.24, 2.45) is 5.92 Å². The maximum absolute atomic E-state index is 5.89. The van der Waals surface area contributed by atoms with Crippen molar-refractivity contribution < 1.29 is 18.6 Å². The maximum Gasteiger partial charge on any atom is 0.253 e. The molecule has 0 N–H and O–H groups in total. The molecule has 1 aliphatic carbocycles. The summed E-state index contributed by atoms with van der Waals surface area (Å²) in [5, 5.41) is 8.02. The van der Waals surface area contributed by atoms with Crippen molar-refractivity contribution in [2.75, 3.05) is 7.11 Å². The summed E-state index contributed by atoms with van der Waals surface area (Å²) in [5.74, 6) is 2.97. The van der Waals surface area contributed by atoms with Crippen LogP contribution < -0.4 is 9.47 Å². The Hall–Kier alpha value is -2.08. The highest BCUT2D eigenvalue weighted by Crippen LogP contribution is 2.27. The smallest absolute Gasteiger partial charge is 0.253 e. The molecule has 1 aromatic heterocycles. The van der Waals surface area contributed by atoms with Gasteiger partial charge in [-0.2, -0.15) is 0 Å². The number of hydrogen-bond acceptors (Lipinski definition) is 6. The molecule has 3 rings (SSSR count). The van der Waals surface area contributed by atoms with Crippen LogP contribution in [-0.4, -0.2) is 23.4 Å². The third-order valence-electron chi connectivity index (χ3n) is 4.26. The number of rotatable bonds is 7. The molecule has 2 aromatic rings. The Balaban J connectivity index is 1.48. The largest absolute Gasteiger partial charge is 0.493 e. The second-order valence-corrected chi connectivity index (χ2v) is 6.23. The van der Waals surface area contributed by atoms with Gasteiger partial charge in [0, 0.05) is 0 Å². The Bertz CT molecular complexity index is 643. The van der Waals surface area contributed by atoms with Crippen LogP contribution in [0.3, 0.4) is 0 Å². The molecule has 1 fully saturated rings. The summed E-state index contributed by atoms with van der Waals surface area (Å²) in [6.07, 6.45) is 5.05. The lowest BCUT2D eigenvalue weighted by atomic mass is 9.89. The van der Waals surface area contributed by atoms with E-state index in [1.807, 2.05) is 24.3 Å². The number of ether oxygens (including phenoxy) is 3. The van der Waals surface area contributed by atoms with Crippen LogP contribution in [0.15, 0.2) is 28.7 Å². The van der Waals surface area contributed by atoms with Gasteiger partial charge in [-0.25, -0.2) is 0 Å². The van der Waals surface area contributed by atoms with E-state index < -0.39 is 0 Å². The molecule has 0 aliphatic heterocycles. The molecular formula is C18H24N2O4. The second kappa shape index (κ2) is 8.15. The predicted molar refractivity (Wildman–Crippen MR) is 87.8 cm³/mol. The first-order valence-electron chi connectivity index (χ1n) is 8.43. The van der Waals surface area contributed by atoms with Crippen LogP contribution in [0.4, 0.5) is 0 Å². The lowest BCUT2D eigenvalue weighted by Crippen LogP contribution is -2.21. The molecule has 0 saturated heterocycles. The first-order valence-corrected chi connectivity index (χ1v) is 8.43. The van der Waals surface area contributed by atoms with Crippen molar-refractivity contribution >= 4 is 0 Å². The molecule has 0 bridgehead atoms. The van der Waals surface area contributed by atoms with Crippen LogP contribution in [0.1, 0.15) is 44.4 Å². The van der Waals surface area contributed by atoms with E-state index in [0.717, 1.165) is 18.8 Å². The Morgan fingerprint density at radius 3 is 2.58 bits per heavy atom. The monoisotopic (exact) mass is 332 g/mol. The van der Waals surface area contributed by atoms with Gasteiger partial charge < -0.3 is 18.6 Å². The van der Waals surface area contributed by atoms with Crippen molar-refractivity contribution in [3.05, 3.63) is 36.0 Å². The van der Waals surface area contributed by atoms with Gasteiger partial charge in [0.15, 0.2) is 18.1 Å². The van der Waals surface area contributed by atoms with Crippen LogP contribution in [0, 0.1) is 5.92 Å². The van der Waals surface area contributed by atoms with Gasteiger partial charge in [-0.15, -0.1) is 10.2 Å². The molecule has 0 unspecified atom stereocenters. The van der Waals surface area contributed by atoms with Crippen molar-refractivity contribution in [1.82, 2.24) is 10.2 Å². The van der Waals surface area contributed by atoms with Gasteiger partial charge in [0.2, 0.25) is 5.89 Å². The zero-order chi connectivity index (χ0) is 16.8. The van der Waals surface area contributed by atoms with Crippen LogP contribution in [0.5, 0.6) is 11.5 Å². The fourth-order valence-electron chi connectivity index (χ4n) is 3.00. The van der Waals surface area contributed by atoms with Gasteiger partial charge in [0.05, 0.1) is 13.2 Å². The summed E-state index contributed by atoms with van der Waals surface area (Å²) in [7, 11) is 1.61. The zero-order valence-corrected chi connectivity index (χ0v) is 14.2. The van der Waals surface area contributed by atoms with E-state index in [1.165, 1.54) is 12.8 Å². The highest BCUT2D eigenvalue weighted by molar-refractivity contribution is 5.39. The number of aromatic nitrogens is 2. The molecule has 1 heterocycles. The quantitative estimate of drug-likeness (QED) is 0.769. The molecule has 1 saturated carbocycles. The highest BCUT2D eigenvalue weighted by atomic mass is 16.5. The van der Waals surface area contributed by atoms with Crippen LogP contribution >= 0.6 is 0 Å². The average Bonchev–Trinajstić information content (AvgIpc) is 3.06. The standard InChI is InChI=1S/C18H24N2O4/c1-13-6-5-7-14(10-13)22-11-17-19-20-18(24-17)12-23-16-9-4-3-8-15(16)21-2/h3-4,8-9,13-14H,5-7,10-12H2,1-2H3/t13-,14-/m0/s1. The minimum atomic E-state index is 0.202. The average molecular weight is 332 g/mol. The number of benzene rings is 1. The van der Waals surface area contributed by atoms with Gasteiger partial charge in [-0.3, -0.25) is 0 Å². The Morgan fingerprint density at radius 2 is 1.83 bits per heavy atom. The number of para-hydroxylation sites is 2. The van der Waals surface area contributed by atoms with Crippen molar-refractivity contribution in [3.8, 4) is 11.5 Å². The summed E-state index contributed by atoms with van der Waals surface area (Å²) in [4.78, 5) is 0. The Labute approximate surface area is 142 Å². The van der Waals surface area contributed by atoms with Crippen LogP contribution in [0.25, 0.3) is 0 Å². The number of methoxy groups -OCH3 is 1. The first kappa shape index (κ1) is 16.8. The summed E-state index contributed by atoms with van der Waals surface area (Å²) in [5.41, 5.74) is 0. The first-order chi connectivity index (χ1) is 11.7. The molecule has 24 heavy (non-hydrogen) atoms. The van der Waals surface area contributed by atoms with Gasteiger partial charge in [0.25, 0.3) is 5.89 Å². The minimum Gasteiger partial charge on any atom is -0.493 e. The van der Waals surface area contributed by atoms with Crippen LogP contribution in [0.2, 0.25) is 0 Å². The fraction of sp³-hybridized carbons (Fsp3) is 0.556. The Kier molecular flexibility index (Phi) is 5.69. The topological polar surface area (TPSA) is 66.6 Å². The summed E-state index contributed by atoms with van der Waals surface area (Å²) in [6, 6.07) is 7.45.